The first-order valence-corrected chi connectivity index (χ1v) is 7.32. The number of nitrogens with zero attached hydrogens (tertiary/aromatic N) is 2. The summed E-state index contributed by atoms with van der Waals surface area (Å²) in [6, 6.07) is 0.503. The van der Waals surface area contributed by atoms with Gasteiger partial charge in [-0.3, -0.25) is 9.79 Å². The lowest BCUT2D eigenvalue weighted by atomic mass is 10.2. The van der Waals surface area contributed by atoms with Gasteiger partial charge in [0.05, 0.1) is 19.6 Å². The van der Waals surface area contributed by atoms with Gasteiger partial charge in [-0.25, -0.2) is 0 Å². The van der Waals surface area contributed by atoms with Gasteiger partial charge < -0.3 is 9.30 Å². The van der Waals surface area contributed by atoms with Crippen LogP contribution in [0.1, 0.15) is 37.8 Å². The first-order chi connectivity index (χ1) is 8.70. The van der Waals surface area contributed by atoms with Crippen molar-refractivity contribution in [2.24, 2.45) is 12.0 Å². The molecule has 1 heterocycles. The van der Waals surface area contributed by atoms with Crippen molar-refractivity contribution in [2.75, 3.05) is 7.11 Å². The second-order valence-electron chi connectivity index (χ2n) is 4.71. The zero-order chi connectivity index (χ0) is 13.0. The summed E-state index contributed by atoms with van der Waals surface area (Å²) in [5, 5.41) is 2.09. The minimum absolute atomic E-state index is 0.157. The highest BCUT2D eigenvalue weighted by Gasteiger charge is 2.14. The minimum atomic E-state index is -0.157. The summed E-state index contributed by atoms with van der Waals surface area (Å²) in [5.41, 5.74) is 1.15. The maximum atomic E-state index is 11.1. The Balaban J connectivity index is 2.05. The quantitative estimate of drug-likeness (QED) is 0.784. The van der Waals surface area contributed by atoms with Gasteiger partial charge in [-0.1, -0.05) is 12.8 Å². The van der Waals surface area contributed by atoms with E-state index >= 15 is 0 Å². The number of methoxy groups -OCH3 is 1. The van der Waals surface area contributed by atoms with E-state index in [1.54, 1.807) is 11.3 Å². The lowest BCUT2D eigenvalue weighted by Gasteiger charge is -2.03. The summed E-state index contributed by atoms with van der Waals surface area (Å²) in [6.07, 6.45) is 6.20. The Kier molecular flexibility index (Phi) is 4.58. The molecule has 2 rings (SSSR count). The van der Waals surface area contributed by atoms with E-state index in [2.05, 4.69) is 14.7 Å². The highest BCUT2D eigenvalue weighted by molar-refractivity contribution is 7.07. The highest BCUT2D eigenvalue weighted by atomic mass is 32.1. The van der Waals surface area contributed by atoms with Crippen molar-refractivity contribution in [3.63, 3.8) is 0 Å². The van der Waals surface area contributed by atoms with E-state index in [9.17, 15) is 4.79 Å². The van der Waals surface area contributed by atoms with Gasteiger partial charge in [0.15, 0.2) is 4.80 Å². The lowest BCUT2D eigenvalue weighted by molar-refractivity contribution is -0.140. The molecular formula is C13H20N2O2S. The number of aryl methyl sites for hydroxylation is 1. The topological polar surface area (TPSA) is 43.6 Å². The molecule has 0 spiro atoms. The number of ether oxygens (including phenoxy) is 1. The molecule has 100 valence electrons. The molecule has 0 saturated heterocycles. The number of hydrogen-bond acceptors (Lipinski definition) is 4. The van der Waals surface area contributed by atoms with Crippen LogP contribution in [0.25, 0.3) is 0 Å². The van der Waals surface area contributed by atoms with Crippen LogP contribution in [0.15, 0.2) is 10.4 Å². The van der Waals surface area contributed by atoms with Gasteiger partial charge in [0.2, 0.25) is 0 Å². The molecule has 1 saturated carbocycles. The van der Waals surface area contributed by atoms with Gasteiger partial charge in [0.1, 0.15) is 0 Å². The first kappa shape index (κ1) is 13.3. The number of esters is 1. The summed E-state index contributed by atoms with van der Waals surface area (Å²) in [4.78, 5) is 17.0. The maximum absolute atomic E-state index is 11.1. The number of carbonyl (C=O) groups excluding carboxylic acids is 1. The summed E-state index contributed by atoms with van der Waals surface area (Å²) in [7, 11) is 3.45. The number of aromatic nitrogens is 1. The van der Waals surface area contributed by atoms with Crippen molar-refractivity contribution < 1.29 is 9.53 Å². The Morgan fingerprint density at radius 3 is 2.94 bits per heavy atom. The second-order valence-corrected chi connectivity index (χ2v) is 5.55. The van der Waals surface area contributed by atoms with Gasteiger partial charge >= 0.3 is 5.97 Å². The molecule has 0 radical (unpaired) electrons. The van der Waals surface area contributed by atoms with Crippen LogP contribution in [0.2, 0.25) is 0 Å². The molecule has 1 fully saturated rings. The predicted octanol–water partition coefficient (Wildman–Crippen LogP) is 2.04. The number of thiazole rings is 1. The molecular weight excluding hydrogens is 248 g/mol. The molecule has 0 N–H and O–H groups in total. The molecule has 0 unspecified atom stereocenters. The normalized spacial score (nSPS) is 17.3. The largest absolute Gasteiger partial charge is 0.469 e. The van der Waals surface area contributed by atoms with Crippen LogP contribution in [-0.2, 0) is 23.0 Å². The summed E-state index contributed by atoms with van der Waals surface area (Å²) in [5.74, 6) is -0.157. The van der Waals surface area contributed by atoms with Gasteiger partial charge in [0.25, 0.3) is 0 Å². The Bertz CT molecular complexity index is 470. The highest BCUT2D eigenvalue weighted by Crippen LogP contribution is 2.20. The fourth-order valence-electron chi connectivity index (χ4n) is 2.27. The number of hydrogen-bond donors (Lipinski definition) is 0. The summed E-state index contributed by atoms with van der Waals surface area (Å²) < 4.78 is 6.76. The summed E-state index contributed by atoms with van der Waals surface area (Å²) in [6.45, 7) is 0. The number of carbonyl (C=O) groups is 1. The molecule has 0 aromatic carbocycles. The average molecular weight is 268 g/mol. The standard InChI is InChI=1S/C13H20N2O2S/c1-15-11(7-8-12(16)17-2)9-18-13(15)14-10-5-3-4-6-10/h9-10H,3-8H2,1-2H3. The van der Waals surface area contributed by atoms with Crippen molar-refractivity contribution in [3.05, 3.63) is 15.9 Å². The van der Waals surface area contributed by atoms with Crippen LogP contribution < -0.4 is 4.80 Å². The maximum Gasteiger partial charge on any atom is 0.305 e. The van der Waals surface area contributed by atoms with E-state index in [-0.39, 0.29) is 5.97 Å². The van der Waals surface area contributed by atoms with Crippen molar-refractivity contribution >= 4 is 17.3 Å². The predicted molar refractivity (Wildman–Crippen MR) is 71.4 cm³/mol. The third-order valence-electron chi connectivity index (χ3n) is 3.45. The van der Waals surface area contributed by atoms with Crippen molar-refractivity contribution in [1.82, 2.24) is 4.57 Å². The smallest absolute Gasteiger partial charge is 0.305 e. The van der Waals surface area contributed by atoms with E-state index in [1.165, 1.54) is 32.8 Å². The van der Waals surface area contributed by atoms with Crippen LogP contribution >= 0.6 is 11.3 Å². The fraction of sp³-hybridized carbons (Fsp3) is 0.692. The zero-order valence-electron chi connectivity index (χ0n) is 11.0. The molecule has 0 aliphatic heterocycles. The van der Waals surface area contributed by atoms with Crippen LogP contribution in [0.4, 0.5) is 0 Å². The average Bonchev–Trinajstić information content (AvgIpc) is 2.99. The monoisotopic (exact) mass is 268 g/mol. The zero-order valence-corrected chi connectivity index (χ0v) is 11.8. The third kappa shape index (κ3) is 3.22. The lowest BCUT2D eigenvalue weighted by Crippen LogP contribution is -2.17. The molecule has 1 aromatic rings. The molecule has 0 bridgehead atoms. The number of rotatable bonds is 4. The fourth-order valence-corrected chi connectivity index (χ4v) is 3.27. The third-order valence-corrected chi connectivity index (χ3v) is 4.43. The van der Waals surface area contributed by atoms with E-state index in [1.807, 2.05) is 7.05 Å². The van der Waals surface area contributed by atoms with E-state index in [4.69, 9.17) is 4.99 Å². The van der Waals surface area contributed by atoms with E-state index in [0.29, 0.717) is 12.5 Å². The molecule has 1 aliphatic rings. The van der Waals surface area contributed by atoms with E-state index in [0.717, 1.165) is 16.9 Å². The first-order valence-electron chi connectivity index (χ1n) is 6.44. The molecule has 0 atom stereocenters. The molecule has 4 nitrogen and oxygen atoms in total. The van der Waals surface area contributed by atoms with E-state index < -0.39 is 0 Å². The summed E-state index contributed by atoms with van der Waals surface area (Å²) >= 11 is 1.67. The van der Waals surface area contributed by atoms with Gasteiger partial charge in [-0.15, -0.1) is 11.3 Å². The van der Waals surface area contributed by atoms with Crippen molar-refractivity contribution in [2.45, 2.75) is 44.6 Å². The van der Waals surface area contributed by atoms with Gasteiger partial charge in [0, 0.05) is 18.1 Å². The van der Waals surface area contributed by atoms with Gasteiger partial charge in [-0.05, 0) is 19.3 Å². The van der Waals surface area contributed by atoms with Crippen LogP contribution in [0.5, 0.6) is 0 Å². The Hall–Kier alpha value is -1.10. The van der Waals surface area contributed by atoms with Crippen LogP contribution in [0.3, 0.4) is 0 Å². The Morgan fingerprint density at radius 2 is 2.28 bits per heavy atom. The molecule has 1 aromatic heterocycles. The van der Waals surface area contributed by atoms with Crippen LogP contribution in [0, 0.1) is 0 Å². The molecule has 5 heteroatoms. The SMILES string of the molecule is COC(=O)CCc1csc(=NC2CCCC2)n1C. The Labute approximate surface area is 111 Å². The van der Waals surface area contributed by atoms with Crippen molar-refractivity contribution in [1.29, 1.82) is 0 Å². The second kappa shape index (κ2) is 6.18. The van der Waals surface area contributed by atoms with Crippen LogP contribution in [-0.4, -0.2) is 23.7 Å². The minimum Gasteiger partial charge on any atom is -0.469 e. The molecule has 1 aliphatic carbocycles. The van der Waals surface area contributed by atoms with Crippen molar-refractivity contribution in [3.8, 4) is 0 Å². The van der Waals surface area contributed by atoms with Gasteiger partial charge in [-0.2, -0.15) is 0 Å². The Morgan fingerprint density at radius 1 is 1.56 bits per heavy atom. The molecule has 18 heavy (non-hydrogen) atoms. The molecule has 0 amide bonds.